The number of rotatable bonds is 12. The van der Waals surface area contributed by atoms with Gasteiger partial charge >= 0.3 is 12.1 Å². The summed E-state index contributed by atoms with van der Waals surface area (Å²) in [5.41, 5.74) is 6.82. The fourth-order valence-corrected chi connectivity index (χ4v) is 11.3. The first-order valence-electron chi connectivity index (χ1n) is 23.8. The Kier molecular flexibility index (Phi) is 14.1. The molecule has 5 aliphatic heterocycles. The lowest BCUT2D eigenvalue weighted by Gasteiger charge is -2.34. The molecular formula is C52H61ClN6O8. The van der Waals surface area contributed by atoms with Crippen molar-refractivity contribution in [3.05, 3.63) is 83.4 Å². The second-order valence-electron chi connectivity index (χ2n) is 19.2. The van der Waals surface area contributed by atoms with Gasteiger partial charge in [-0.25, -0.2) is 14.8 Å². The van der Waals surface area contributed by atoms with Gasteiger partial charge in [0.2, 0.25) is 11.8 Å². The zero-order valence-corrected chi connectivity index (χ0v) is 39.6. The first-order valence-corrected chi connectivity index (χ1v) is 24.2. The number of hydrogen-bond acceptors (Lipinski definition) is 10. The Hall–Kier alpha value is -5.57. The number of H-pyrrole nitrogens is 1. The minimum absolute atomic E-state index is 0.00609. The van der Waals surface area contributed by atoms with Crippen molar-refractivity contribution in [3.63, 3.8) is 0 Å². The maximum absolute atomic E-state index is 14.3. The number of aromatic amines is 1. The van der Waals surface area contributed by atoms with E-state index in [9.17, 15) is 19.2 Å². The summed E-state index contributed by atoms with van der Waals surface area (Å²) in [5.74, 6) is 0.354. The summed E-state index contributed by atoms with van der Waals surface area (Å²) in [5, 5.41) is 5.47. The van der Waals surface area contributed by atoms with Gasteiger partial charge in [-0.1, -0.05) is 74.0 Å². The number of carbonyl (C=O) groups is 4. The standard InChI is InChI=1S/C52H61ClN6O8/c1-30-21-44(58(28-30)50(61)41(26-46(60)64-3)34-13-17-66-18-14-34)42-25-40(48(53)55-42)33-7-5-32(6-8-33)36-9-10-38-24-39(12-11-37(38)23-36)43-27-54-49(56-43)45-22-31(2)29-59(45)51(62)47(57-52(63)65-4)35-15-19-67-20-16-35/h5-12,23-24,27,30-31,34-35,41,44-45,47H,13-22,25-26,28-29H2,1-4H3,(H,54,56)(H,57,63)/t30-,31-,41?,44-,45-,47?/m0/s1. The molecule has 6 atom stereocenters. The fourth-order valence-electron chi connectivity index (χ4n) is 11.0. The van der Waals surface area contributed by atoms with Crippen LogP contribution in [-0.2, 0) is 33.3 Å². The van der Waals surface area contributed by atoms with Gasteiger partial charge in [0.15, 0.2) is 0 Å². The number of fused-ring (bicyclic) bond motifs is 1. The molecule has 14 nitrogen and oxygen atoms in total. The number of methoxy groups -OCH3 is 2. The van der Waals surface area contributed by atoms with Crippen molar-refractivity contribution < 1.29 is 38.1 Å². The van der Waals surface area contributed by atoms with E-state index < -0.39 is 18.1 Å². The van der Waals surface area contributed by atoms with Crippen LogP contribution >= 0.6 is 11.6 Å². The minimum atomic E-state index is -0.700. The molecule has 15 heteroatoms. The number of esters is 1. The molecule has 1 aromatic heterocycles. The number of benzene rings is 3. The van der Waals surface area contributed by atoms with Gasteiger partial charge in [0.25, 0.3) is 0 Å². The molecule has 354 valence electrons. The quantitative estimate of drug-likeness (QED) is 0.105. The molecule has 5 aliphatic rings. The van der Waals surface area contributed by atoms with Crippen molar-refractivity contribution >= 4 is 57.5 Å². The number of allylic oxidation sites excluding steroid dienone is 1. The number of amides is 3. The fraction of sp³-hybridized carbons (Fsp3) is 0.500. The van der Waals surface area contributed by atoms with E-state index in [0.29, 0.717) is 63.9 Å². The van der Waals surface area contributed by atoms with Crippen molar-refractivity contribution in [3.8, 4) is 22.4 Å². The molecule has 6 heterocycles. The average Bonchev–Trinajstić information content (AvgIpc) is 4.18. The predicted octanol–water partition coefficient (Wildman–Crippen LogP) is 8.55. The number of ether oxygens (including phenoxy) is 4. The largest absolute Gasteiger partial charge is 0.469 e. The smallest absolute Gasteiger partial charge is 0.407 e. The number of nitrogens with zero attached hydrogens (tertiary/aromatic N) is 4. The lowest BCUT2D eigenvalue weighted by molar-refractivity contribution is -0.149. The van der Waals surface area contributed by atoms with Crippen LogP contribution in [0.4, 0.5) is 4.79 Å². The Labute approximate surface area is 396 Å². The molecule has 67 heavy (non-hydrogen) atoms. The van der Waals surface area contributed by atoms with E-state index in [1.165, 1.54) is 14.2 Å². The third-order valence-electron chi connectivity index (χ3n) is 14.7. The maximum Gasteiger partial charge on any atom is 0.407 e. The molecule has 0 saturated carbocycles. The van der Waals surface area contributed by atoms with E-state index in [-0.39, 0.29) is 60.0 Å². The number of hydrogen-bond donors (Lipinski definition) is 2. The second kappa shape index (κ2) is 20.3. The van der Waals surface area contributed by atoms with Gasteiger partial charge < -0.3 is 39.0 Å². The number of halogens is 1. The molecule has 0 aliphatic carbocycles. The van der Waals surface area contributed by atoms with Gasteiger partial charge in [0.1, 0.15) is 17.0 Å². The van der Waals surface area contributed by atoms with E-state index in [4.69, 9.17) is 40.5 Å². The molecule has 4 aromatic rings. The van der Waals surface area contributed by atoms with Crippen LogP contribution < -0.4 is 5.32 Å². The summed E-state index contributed by atoms with van der Waals surface area (Å²) in [6.45, 7) is 7.77. The van der Waals surface area contributed by atoms with Gasteiger partial charge in [0.05, 0.1) is 50.5 Å². The Morgan fingerprint density at radius 1 is 0.761 bits per heavy atom. The summed E-state index contributed by atoms with van der Waals surface area (Å²) in [4.78, 5) is 70.4. The third kappa shape index (κ3) is 10.0. The number of imidazole rings is 1. The van der Waals surface area contributed by atoms with Crippen LogP contribution in [0, 0.1) is 29.6 Å². The van der Waals surface area contributed by atoms with Gasteiger partial charge in [0, 0.05) is 62.8 Å². The second-order valence-corrected chi connectivity index (χ2v) is 19.5. The van der Waals surface area contributed by atoms with Gasteiger partial charge in [-0.15, -0.1) is 0 Å². The molecule has 0 radical (unpaired) electrons. The Bertz CT molecular complexity index is 2550. The highest BCUT2D eigenvalue weighted by Gasteiger charge is 2.44. The van der Waals surface area contributed by atoms with E-state index in [0.717, 1.165) is 81.5 Å². The Morgan fingerprint density at radius 2 is 1.34 bits per heavy atom. The zero-order valence-electron chi connectivity index (χ0n) is 38.8. The van der Waals surface area contributed by atoms with Gasteiger partial charge in [-0.2, -0.15) is 0 Å². The summed E-state index contributed by atoms with van der Waals surface area (Å²) in [6, 6.07) is 20.1. The maximum atomic E-state index is 14.3. The molecule has 0 spiro atoms. The number of aliphatic imine (C=N–C) groups is 1. The average molecular weight is 934 g/mol. The highest BCUT2D eigenvalue weighted by Crippen LogP contribution is 2.40. The van der Waals surface area contributed by atoms with Crippen LogP contribution in [0.15, 0.2) is 77.0 Å². The third-order valence-corrected chi connectivity index (χ3v) is 15.0. The molecule has 3 aromatic carbocycles. The topological polar surface area (TPSA) is 165 Å². The molecule has 0 bridgehead atoms. The lowest BCUT2D eigenvalue weighted by Crippen LogP contribution is -2.53. The van der Waals surface area contributed by atoms with Crippen LogP contribution in [0.2, 0.25) is 0 Å². The minimum Gasteiger partial charge on any atom is -0.469 e. The molecule has 2 N–H and O–H groups in total. The van der Waals surface area contributed by atoms with E-state index in [2.05, 4.69) is 84.8 Å². The summed E-state index contributed by atoms with van der Waals surface area (Å²) < 4.78 is 21.1. The summed E-state index contributed by atoms with van der Waals surface area (Å²) in [7, 11) is 2.69. The SMILES string of the molecule is COC(=O)CC(C(=O)N1C[C@@H](C)C[C@H]1C1=NC(Cl)=C(c2ccc(-c3ccc4cc(-c5cnc([C@@H]6C[C@H](C)CN6C(=O)C(NC(=O)OC)C6CCOCC6)[nH]5)ccc4c3)cc2)C1)C1CCOCC1. The van der Waals surface area contributed by atoms with Crippen molar-refractivity contribution in [2.45, 2.75) is 83.3 Å². The number of alkyl carbamates (subject to hydrolysis) is 1. The Balaban J connectivity index is 0.864. The first kappa shape index (κ1) is 46.5. The van der Waals surface area contributed by atoms with Crippen molar-refractivity contribution in [1.29, 1.82) is 0 Å². The van der Waals surface area contributed by atoms with Crippen LogP contribution in [0.25, 0.3) is 38.7 Å². The number of aromatic nitrogens is 2. The van der Waals surface area contributed by atoms with Crippen LogP contribution in [-0.4, -0.2) is 115 Å². The Morgan fingerprint density at radius 3 is 2.00 bits per heavy atom. The van der Waals surface area contributed by atoms with Crippen LogP contribution in [0.1, 0.15) is 82.6 Å². The summed E-state index contributed by atoms with van der Waals surface area (Å²) >= 11 is 6.89. The zero-order chi connectivity index (χ0) is 46.8. The highest BCUT2D eigenvalue weighted by molar-refractivity contribution is 6.35. The van der Waals surface area contributed by atoms with Crippen molar-refractivity contribution in [2.75, 3.05) is 53.7 Å². The highest BCUT2D eigenvalue weighted by atomic mass is 35.5. The molecule has 4 fully saturated rings. The predicted molar refractivity (Wildman–Crippen MR) is 256 cm³/mol. The van der Waals surface area contributed by atoms with Gasteiger partial charge in [-0.3, -0.25) is 14.4 Å². The lowest BCUT2D eigenvalue weighted by atomic mass is 9.82. The monoisotopic (exact) mass is 932 g/mol. The van der Waals surface area contributed by atoms with Crippen molar-refractivity contribution in [2.24, 2.45) is 34.6 Å². The molecule has 3 amide bonds. The van der Waals surface area contributed by atoms with E-state index >= 15 is 0 Å². The number of likely N-dealkylation sites (tertiary alicyclic amines) is 2. The summed E-state index contributed by atoms with van der Waals surface area (Å²) in [6.07, 6.45) is 6.26. The molecular weight excluding hydrogens is 872 g/mol. The number of nitrogens with one attached hydrogen (secondary N) is 2. The van der Waals surface area contributed by atoms with E-state index in [1.54, 1.807) is 0 Å². The molecule has 9 rings (SSSR count). The number of carbonyl (C=O) groups excluding carboxylic acids is 4. The van der Waals surface area contributed by atoms with Crippen LogP contribution in [0.5, 0.6) is 0 Å². The van der Waals surface area contributed by atoms with E-state index in [1.807, 2.05) is 16.0 Å². The molecule has 4 saturated heterocycles. The first-order chi connectivity index (χ1) is 32.5. The molecule has 2 unspecified atom stereocenters. The normalized spacial score (nSPS) is 23.6. The van der Waals surface area contributed by atoms with Gasteiger partial charge in [-0.05, 0) is 102 Å². The van der Waals surface area contributed by atoms with Crippen LogP contribution in [0.3, 0.4) is 0 Å². The van der Waals surface area contributed by atoms with Crippen molar-refractivity contribution in [1.82, 2.24) is 25.1 Å².